The largest absolute Gasteiger partial charge is 0.479 e. The van der Waals surface area contributed by atoms with Crippen LogP contribution in [0.3, 0.4) is 0 Å². The number of nitrogens with one attached hydrogen (secondary N) is 1. The molecule has 2 unspecified atom stereocenters. The molecule has 9 heteroatoms. The number of aliphatic hydroxyl groups is 2. The Morgan fingerprint density at radius 3 is 2.39 bits per heavy atom. The molecular weight excluding hydrogens is 448 g/mol. The van der Waals surface area contributed by atoms with Gasteiger partial charge in [-0.05, 0) is 49.1 Å². The van der Waals surface area contributed by atoms with E-state index in [1.165, 1.54) is 19.9 Å². The second kappa shape index (κ2) is 10.2. The van der Waals surface area contributed by atoms with E-state index in [0.29, 0.717) is 5.02 Å². The van der Waals surface area contributed by atoms with Gasteiger partial charge in [0, 0.05) is 23.6 Å². The maximum absolute atomic E-state index is 12.6. The fourth-order valence-electron chi connectivity index (χ4n) is 3.28. The van der Waals surface area contributed by atoms with Crippen LogP contribution in [0.2, 0.25) is 5.02 Å². The Balaban J connectivity index is 1.75. The molecule has 0 bridgehead atoms. The topological polar surface area (TPSA) is 133 Å². The summed E-state index contributed by atoms with van der Waals surface area (Å²) in [5, 5.41) is 36.0. The van der Waals surface area contributed by atoms with Crippen LogP contribution in [-0.4, -0.2) is 44.5 Å². The summed E-state index contributed by atoms with van der Waals surface area (Å²) in [4.78, 5) is 23.8. The first-order valence-corrected chi connectivity index (χ1v) is 10.7. The summed E-state index contributed by atoms with van der Waals surface area (Å²) >= 11 is 6.06. The number of nitrogens with zero attached hydrogens (tertiary/aromatic N) is 1. The summed E-state index contributed by atoms with van der Waals surface area (Å²) in [5.41, 5.74) is 1.64. The number of rotatable bonds is 9. The van der Waals surface area contributed by atoms with Crippen molar-refractivity contribution in [3.05, 3.63) is 76.6 Å². The minimum atomic E-state index is -1.65. The molecule has 0 radical (unpaired) electrons. The number of aromatic nitrogens is 1. The zero-order valence-electron chi connectivity index (χ0n) is 18.2. The van der Waals surface area contributed by atoms with Crippen molar-refractivity contribution in [2.45, 2.75) is 44.4 Å². The average Bonchev–Trinajstić information content (AvgIpc) is 3.25. The molecule has 33 heavy (non-hydrogen) atoms. The van der Waals surface area contributed by atoms with Gasteiger partial charge in [0.25, 0.3) is 5.91 Å². The monoisotopic (exact) mass is 472 g/mol. The standard InChI is InChI=1S/C24H25ClN2O6/c1-24(2,32)21-13-20(33-27-21)22(29)26-18(12-19(28)23(30)31)10-14-6-8-15(9-7-14)16-4-3-5-17(25)11-16/h3-9,11,13,18-19,28,32H,10,12H2,1-2H3,(H,26,29)(H,30,31). The molecule has 3 aromatic rings. The summed E-state index contributed by atoms with van der Waals surface area (Å²) in [5.74, 6) is -2.14. The molecule has 0 aliphatic carbocycles. The van der Waals surface area contributed by atoms with Gasteiger partial charge in [-0.15, -0.1) is 0 Å². The quantitative estimate of drug-likeness (QED) is 0.375. The first-order valence-electron chi connectivity index (χ1n) is 10.3. The van der Waals surface area contributed by atoms with Crippen molar-refractivity contribution in [3.63, 3.8) is 0 Å². The molecule has 4 N–H and O–H groups in total. The van der Waals surface area contributed by atoms with Gasteiger partial charge in [-0.2, -0.15) is 0 Å². The van der Waals surface area contributed by atoms with E-state index in [-0.39, 0.29) is 24.3 Å². The highest BCUT2D eigenvalue weighted by Gasteiger charge is 2.26. The number of hydrogen-bond donors (Lipinski definition) is 4. The van der Waals surface area contributed by atoms with Crippen LogP contribution in [0.4, 0.5) is 0 Å². The average molecular weight is 473 g/mol. The van der Waals surface area contributed by atoms with Crippen molar-refractivity contribution in [2.24, 2.45) is 0 Å². The van der Waals surface area contributed by atoms with Gasteiger partial charge in [0.2, 0.25) is 5.76 Å². The van der Waals surface area contributed by atoms with E-state index in [1.807, 2.05) is 42.5 Å². The maximum atomic E-state index is 12.6. The van der Waals surface area contributed by atoms with Crippen LogP contribution in [0.25, 0.3) is 11.1 Å². The molecule has 2 atom stereocenters. The van der Waals surface area contributed by atoms with Crippen LogP contribution in [-0.2, 0) is 16.8 Å². The number of carbonyl (C=O) groups excluding carboxylic acids is 1. The van der Waals surface area contributed by atoms with E-state index in [0.717, 1.165) is 16.7 Å². The Bertz CT molecular complexity index is 1120. The molecule has 0 spiro atoms. The number of aliphatic hydroxyl groups excluding tert-OH is 1. The van der Waals surface area contributed by atoms with Crippen LogP contribution >= 0.6 is 11.6 Å². The Morgan fingerprint density at radius 1 is 1.12 bits per heavy atom. The summed E-state index contributed by atoms with van der Waals surface area (Å²) in [6, 6.07) is 15.6. The molecule has 0 saturated carbocycles. The predicted octanol–water partition coefficient (Wildman–Crippen LogP) is 3.40. The van der Waals surface area contributed by atoms with Crippen molar-refractivity contribution in [1.82, 2.24) is 10.5 Å². The van der Waals surface area contributed by atoms with E-state index >= 15 is 0 Å². The molecule has 1 heterocycles. The van der Waals surface area contributed by atoms with E-state index in [2.05, 4.69) is 10.5 Å². The lowest BCUT2D eigenvalue weighted by Gasteiger charge is -2.20. The molecule has 0 saturated heterocycles. The minimum absolute atomic E-state index is 0.127. The Kier molecular flexibility index (Phi) is 7.53. The fraction of sp³-hybridized carbons (Fsp3) is 0.292. The highest BCUT2D eigenvalue weighted by molar-refractivity contribution is 6.30. The van der Waals surface area contributed by atoms with Crippen LogP contribution in [0, 0.1) is 0 Å². The van der Waals surface area contributed by atoms with Crippen LogP contribution < -0.4 is 5.32 Å². The number of halogens is 1. The van der Waals surface area contributed by atoms with Crippen molar-refractivity contribution in [2.75, 3.05) is 0 Å². The first kappa shape index (κ1) is 24.4. The second-order valence-electron chi connectivity index (χ2n) is 8.31. The Labute approximate surface area is 195 Å². The lowest BCUT2D eigenvalue weighted by Crippen LogP contribution is -2.40. The molecular formula is C24H25ClN2O6. The third-order valence-corrected chi connectivity index (χ3v) is 5.32. The highest BCUT2D eigenvalue weighted by Crippen LogP contribution is 2.24. The maximum Gasteiger partial charge on any atom is 0.332 e. The number of amides is 1. The summed E-state index contributed by atoms with van der Waals surface area (Å²) in [6.45, 7) is 3.01. The van der Waals surface area contributed by atoms with Crippen LogP contribution in [0.5, 0.6) is 0 Å². The van der Waals surface area contributed by atoms with Crippen molar-refractivity contribution in [3.8, 4) is 11.1 Å². The van der Waals surface area contributed by atoms with Crippen LogP contribution in [0.15, 0.2) is 59.1 Å². The molecule has 1 aromatic heterocycles. The lowest BCUT2D eigenvalue weighted by molar-refractivity contribution is -0.147. The summed E-state index contributed by atoms with van der Waals surface area (Å²) in [6.07, 6.45) is -1.58. The Morgan fingerprint density at radius 2 is 1.82 bits per heavy atom. The predicted molar refractivity (Wildman–Crippen MR) is 122 cm³/mol. The highest BCUT2D eigenvalue weighted by atomic mass is 35.5. The molecule has 0 fully saturated rings. The van der Waals surface area contributed by atoms with E-state index in [4.69, 9.17) is 21.2 Å². The van der Waals surface area contributed by atoms with Gasteiger partial charge in [-0.1, -0.05) is 53.2 Å². The molecule has 0 aliphatic heterocycles. The summed E-state index contributed by atoms with van der Waals surface area (Å²) < 4.78 is 5.02. The number of aliphatic carboxylic acids is 1. The lowest BCUT2D eigenvalue weighted by atomic mass is 9.97. The zero-order valence-corrected chi connectivity index (χ0v) is 18.9. The minimum Gasteiger partial charge on any atom is -0.479 e. The number of carbonyl (C=O) groups is 2. The molecule has 1 amide bonds. The van der Waals surface area contributed by atoms with Crippen molar-refractivity contribution < 1.29 is 29.4 Å². The molecule has 3 rings (SSSR count). The third kappa shape index (κ3) is 6.64. The van der Waals surface area contributed by atoms with Gasteiger partial charge in [0.15, 0.2) is 6.10 Å². The number of hydrogen-bond acceptors (Lipinski definition) is 6. The van der Waals surface area contributed by atoms with E-state index < -0.39 is 29.6 Å². The molecule has 2 aromatic carbocycles. The molecule has 0 aliphatic rings. The van der Waals surface area contributed by atoms with Gasteiger partial charge in [-0.3, -0.25) is 4.79 Å². The normalized spacial score (nSPS) is 13.4. The number of carboxylic acids is 1. The van der Waals surface area contributed by atoms with Gasteiger partial charge >= 0.3 is 5.97 Å². The van der Waals surface area contributed by atoms with Gasteiger partial charge < -0.3 is 25.2 Å². The number of benzene rings is 2. The zero-order chi connectivity index (χ0) is 24.2. The second-order valence-corrected chi connectivity index (χ2v) is 8.74. The molecule has 174 valence electrons. The fourth-order valence-corrected chi connectivity index (χ4v) is 3.47. The van der Waals surface area contributed by atoms with E-state index in [9.17, 15) is 19.8 Å². The van der Waals surface area contributed by atoms with Gasteiger partial charge in [-0.25, -0.2) is 4.79 Å². The van der Waals surface area contributed by atoms with Crippen LogP contribution in [0.1, 0.15) is 42.1 Å². The molecule has 8 nitrogen and oxygen atoms in total. The van der Waals surface area contributed by atoms with Gasteiger partial charge in [0.05, 0.1) is 0 Å². The van der Waals surface area contributed by atoms with Crippen molar-refractivity contribution >= 4 is 23.5 Å². The first-order chi connectivity index (χ1) is 15.5. The number of carboxylic acid groups (broad SMARTS) is 1. The SMILES string of the molecule is CC(C)(O)c1cc(C(=O)NC(Cc2ccc(-c3cccc(Cl)c3)cc2)CC(O)C(=O)O)on1. The summed E-state index contributed by atoms with van der Waals surface area (Å²) in [7, 11) is 0. The van der Waals surface area contributed by atoms with Gasteiger partial charge in [0.1, 0.15) is 11.3 Å². The van der Waals surface area contributed by atoms with E-state index in [1.54, 1.807) is 6.07 Å². The van der Waals surface area contributed by atoms with Crippen molar-refractivity contribution in [1.29, 1.82) is 0 Å². The smallest absolute Gasteiger partial charge is 0.332 e. The Hall–Kier alpha value is -3.20. The third-order valence-electron chi connectivity index (χ3n) is 5.08.